The normalized spacial score (nSPS) is 20.0. The molecule has 6 heteroatoms. The summed E-state index contributed by atoms with van der Waals surface area (Å²) in [4.78, 5) is 14.6. The zero-order valence-corrected chi connectivity index (χ0v) is 19.1. The fraction of sp³-hybridized carbons (Fsp3) is 0.333. The second kappa shape index (κ2) is 6.82. The Hall–Kier alpha value is -2.37. The van der Waals surface area contributed by atoms with Gasteiger partial charge in [0.25, 0.3) is 0 Å². The van der Waals surface area contributed by atoms with Gasteiger partial charge in [0.15, 0.2) is 5.78 Å². The molecule has 3 heterocycles. The molecule has 0 amide bonds. The van der Waals surface area contributed by atoms with Crippen molar-refractivity contribution in [3.05, 3.63) is 73.7 Å². The lowest BCUT2D eigenvalue weighted by molar-refractivity contribution is -0.118. The average molecular weight is 438 g/mol. The molecule has 154 valence electrons. The minimum Gasteiger partial charge on any atom is -0.343 e. The van der Waals surface area contributed by atoms with Crippen LogP contribution in [0.3, 0.4) is 0 Å². The number of nitrogens with zero attached hydrogens (tertiary/aromatic N) is 2. The first-order valence-electron chi connectivity index (χ1n) is 10.2. The lowest BCUT2D eigenvalue weighted by atomic mass is 9.70. The van der Waals surface area contributed by atoms with E-state index in [1.807, 2.05) is 35.9 Å². The van der Waals surface area contributed by atoms with Crippen molar-refractivity contribution >= 4 is 34.5 Å². The van der Waals surface area contributed by atoms with Crippen LogP contribution in [-0.2, 0) is 4.79 Å². The minimum absolute atomic E-state index is 0.0641. The van der Waals surface area contributed by atoms with Crippen LogP contribution in [0.25, 0.3) is 5.69 Å². The van der Waals surface area contributed by atoms with Gasteiger partial charge in [0.05, 0.1) is 17.3 Å². The third-order valence-electron chi connectivity index (χ3n) is 6.09. The van der Waals surface area contributed by atoms with E-state index in [-0.39, 0.29) is 17.1 Å². The molecule has 3 aromatic rings. The summed E-state index contributed by atoms with van der Waals surface area (Å²) in [7, 11) is 0. The second-order valence-electron chi connectivity index (χ2n) is 9.10. The standard InChI is InChI=1S/C24H24ClN3OS/c1-13-8-9-30-22(13)21-19-14(2)27-28(16-7-5-6-15(25)10-16)23(19)26-17-11-24(3,4)12-18(29)20(17)21/h5-10,21,26H,11-12H2,1-4H3/t21-/m0/s1. The van der Waals surface area contributed by atoms with Crippen LogP contribution in [0.15, 0.2) is 47.0 Å². The molecule has 0 spiro atoms. The number of carbonyl (C=O) groups excluding carboxylic acids is 1. The molecular weight excluding hydrogens is 414 g/mol. The van der Waals surface area contributed by atoms with Gasteiger partial charge in [-0.05, 0) is 60.9 Å². The molecule has 1 atom stereocenters. The molecule has 0 unspecified atom stereocenters. The van der Waals surface area contributed by atoms with Crippen LogP contribution in [0, 0.1) is 19.3 Å². The molecule has 2 aliphatic rings. The molecule has 5 rings (SSSR count). The summed E-state index contributed by atoms with van der Waals surface area (Å²) in [6.45, 7) is 8.48. The van der Waals surface area contributed by atoms with Crippen molar-refractivity contribution in [3.8, 4) is 5.69 Å². The van der Waals surface area contributed by atoms with Crippen LogP contribution < -0.4 is 5.32 Å². The van der Waals surface area contributed by atoms with Gasteiger partial charge in [-0.2, -0.15) is 5.10 Å². The van der Waals surface area contributed by atoms with Crippen molar-refractivity contribution in [1.29, 1.82) is 0 Å². The Bertz CT molecular complexity index is 1220. The summed E-state index contributed by atoms with van der Waals surface area (Å²) in [5, 5.41) is 11.3. The fourth-order valence-electron chi connectivity index (χ4n) is 4.81. The van der Waals surface area contributed by atoms with Gasteiger partial charge in [-0.1, -0.05) is 31.5 Å². The highest BCUT2D eigenvalue weighted by Gasteiger charge is 2.43. The molecule has 4 nitrogen and oxygen atoms in total. The number of thiophene rings is 1. The number of fused-ring (bicyclic) bond motifs is 1. The minimum atomic E-state index is -0.0761. The Morgan fingerprint density at radius 2 is 2.03 bits per heavy atom. The summed E-state index contributed by atoms with van der Waals surface area (Å²) in [6, 6.07) is 9.85. The summed E-state index contributed by atoms with van der Waals surface area (Å²) in [5.41, 5.74) is 6.03. The maximum absolute atomic E-state index is 13.4. The number of hydrogen-bond donors (Lipinski definition) is 1. The summed E-state index contributed by atoms with van der Waals surface area (Å²) < 4.78 is 1.93. The number of aromatic nitrogens is 2. The number of nitrogens with one attached hydrogen (secondary N) is 1. The van der Waals surface area contributed by atoms with Gasteiger partial charge in [0, 0.05) is 33.2 Å². The number of aryl methyl sites for hydroxylation is 2. The Kier molecular flexibility index (Phi) is 4.46. The van der Waals surface area contributed by atoms with Crippen LogP contribution in [-0.4, -0.2) is 15.6 Å². The third-order valence-corrected chi connectivity index (χ3v) is 7.41. The van der Waals surface area contributed by atoms with Gasteiger partial charge in [-0.3, -0.25) is 4.79 Å². The van der Waals surface area contributed by atoms with Gasteiger partial charge >= 0.3 is 0 Å². The number of allylic oxidation sites excluding steroid dienone is 2. The van der Waals surface area contributed by atoms with E-state index in [1.54, 1.807) is 11.3 Å². The summed E-state index contributed by atoms with van der Waals surface area (Å²) in [6.07, 6.45) is 1.42. The topological polar surface area (TPSA) is 46.9 Å². The van der Waals surface area contributed by atoms with E-state index in [0.717, 1.165) is 40.5 Å². The molecule has 1 aliphatic heterocycles. The maximum atomic E-state index is 13.4. The van der Waals surface area contributed by atoms with E-state index in [0.29, 0.717) is 11.4 Å². The Labute approximate surface area is 185 Å². The fourth-order valence-corrected chi connectivity index (χ4v) is 6.04. The molecule has 0 fully saturated rings. The van der Waals surface area contributed by atoms with E-state index in [2.05, 4.69) is 37.5 Å². The van der Waals surface area contributed by atoms with E-state index in [1.165, 1.54) is 10.4 Å². The second-order valence-corrected chi connectivity index (χ2v) is 10.5. The van der Waals surface area contributed by atoms with Crippen LogP contribution in [0.2, 0.25) is 5.02 Å². The molecule has 0 saturated carbocycles. The molecule has 2 aromatic heterocycles. The number of halogens is 1. The van der Waals surface area contributed by atoms with Crippen LogP contribution in [0.5, 0.6) is 0 Å². The number of hydrogen-bond acceptors (Lipinski definition) is 4. The quantitative estimate of drug-likeness (QED) is 0.504. The monoisotopic (exact) mass is 437 g/mol. The molecule has 0 bridgehead atoms. The van der Waals surface area contributed by atoms with Crippen LogP contribution >= 0.6 is 22.9 Å². The van der Waals surface area contributed by atoms with Crippen LogP contribution in [0.4, 0.5) is 5.82 Å². The van der Waals surface area contributed by atoms with Gasteiger partial charge in [-0.25, -0.2) is 4.68 Å². The highest BCUT2D eigenvalue weighted by molar-refractivity contribution is 7.10. The first-order chi connectivity index (χ1) is 14.2. The zero-order chi connectivity index (χ0) is 21.2. The highest BCUT2D eigenvalue weighted by Crippen LogP contribution is 2.51. The summed E-state index contributed by atoms with van der Waals surface area (Å²) >= 11 is 7.99. The van der Waals surface area contributed by atoms with Gasteiger partial charge in [-0.15, -0.1) is 11.3 Å². The smallest absolute Gasteiger partial charge is 0.162 e. The van der Waals surface area contributed by atoms with Crippen LogP contribution in [0.1, 0.15) is 54.3 Å². The number of benzene rings is 1. The number of carbonyl (C=O) groups is 1. The predicted octanol–water partition coefficient (Wildman–Crippen LogP) is 6.40. The average Bonchev–Trinajstić information content (AvgIpc) is 3.22. The van der Waals surface area contributed by atoms with Crippen molar-refractivity contribution in [2.24, 2.45) is 5.41 Å². The Balaban J connectivity index is 1.77. The Morgan fingerprint density at radius 1 is 1.23 bits per heavy atom. The van der Waals surface area contributed by atoms with E-state index >= 15 is 0 Å². The SMILES string of the molecule is Cc1ccsc1[C@@H]1C2=C(CC(C)(C)CC2=O)Nc2c1c(C)nn2-c1cccc(Cl)c1. The lowest BCUT2D eigenvalue weighted by Crippen LogP contribution is -2.34. The number of ketones is 1. The number of anilines is 1. The molecule has 1 aliphatic carbocycles. The molecule has 30 heavy (non-hydrogen) atoms. The highest BCUT2D eigenvalue weighted by atomic mass is 35.5. The Morgan fingerprint density at radius 3 is 2.73 bits per heavy atom. The van der Waals surface area contributed by atoms with Crippen molar-refractivity contribution in [1.82, 2.24) is 9.78 Å². The van der Waals surface area contributed by atoms with Crippen molar-refractivity contribution in [2.75, 3.05) is 5.32 Å². The summed E-state index contributed by atoms with van der Waals surface area (Å²) in [5.74, 6) is 1.11. The van der Waals surface area contributed by atoms with E-state index < -0.39 is 0 Å². The van der Waals surface area contributed by atoms with Crippen molar-refractivity contribution < 1.29 is 4.79 Å². The largest absolute Gasteiger partial charge is 0.343 e. The zero-order valence-electron chi connectivity index (χ0n) is 17.5. The first-order valence-corrected chi connectivity index (χ1v) is 11.4. The third kappa shape index (κ3) is 3.03. The van der Waals surface area contributed by atoms with Gasteiger partial charge in [0.2, 0.25) is 0 Å². The predicted molar refractivity (Wildman–Crippen MR) is 123 cm³/mol. The molecule has 0 radical (unpaired) electrons. The maximum Gasteiger partial charge on any atom is 0.162 e. The number of rotatable bonds is 2. The number of Topliss-reactive ketones (excluding diaryl/α,β-unsaturated/α-hetero) is 1. The lowest BCUT2D eigenvalue weighted by Gasteiger charge is -2.38. The van der Waals surface area contributed by atoms with E-state index in [9.17, 15) is 4.79 Å². The van der Waals surface area contributed by atoms with Gasteiger partial charge in [0.1, 0.15) is 5.82 Å². The first kappa shape index (κ1) is 19.6. The molecule has 0 saturated heterocycles. The molecule has 1 N–H and O–H groups in total. The molecular formula is C24H24ClN3OS. The molecule has 1 aromatic carbocycles. The van der Waals surface area contributed by atoms with Crippen molar-refractivity contribution in [2.45, 2.75) is 46.5 Å². The van der Waals surface area contributed by atoms with Crippen molar-refractivity contribution in [3.63, 3.8) is 0 Å². The van der Waals surface area contributed by atoms with Gasteiger partial charge < -0.3 is 5.32 Å². The van der Waals surface area contributed by atoms with E-state index in [4.69, 9.17) is 16.7 Å².